The summed E-state index contributed by atoms with van der Waals surface area (Å²) >= 11 is 0. The Hall–Kier alpha value is -4.65. The molecule has 0 spiro atoms. The summed E-state index contributed by atoms with van der Waals surface area (Å²) in [7, 11) is -2.90. The lowest BCUT2D eigenvalue weighted by Gasteiger charge is -2.40. The van der Waals surface area contributed by atoms with Crippen LogP contribution in [0.4, 0.5) is 18.0 Å². The van der Waals surface area contributed by atoms with Gasteiger partial charge in [-0.05, 0) is 91.3 Å². The zero-order valence-corrected chi connectivity index (χ0v) is 34.2. The van der Waals surface area contributed by atoms with Gasteiger partial charge in [-0.3, -0.25) is 24.0 Å². The largest absolute Gasteiger partial charge is 0.494 e. The molecule has 15 nitrogen and oxygen atoms in total. The fourth-order valence-electron chi connectivity index (χ4n) is 7.93. The SMILES string of the molecule is CC[C@@H]1O[C@H](C)CC/C=C\[C@@H]2C[C@@]2(C(=O)NS(=O)(=O)C2(C)CC2)NC(=O)[C@@H]2N(C[C@@](C)(Oc3ncc(OC)c4ccc(F)cc34)C2(F)F)C(=O)[C@H]1N(C(=O)O)C(C)C. The maximum Gasteiger partial charge on any atom is 0.408 e. The molecule has 2 aromatic rings. The van der Waals surface area contributed by atoms with E-state index >= 15 is 13.6 Å². The van der Waals surface area contributed by atoms with E-state index in [2.05, 4.69) is 15.0 Å². The van der Waals surface area contributed by atoms with Crippen LogP contribution < -0.4 is 19.5 Å². The number of nitrogens with one attached hydrogen (secondary N) is 2. The number of hydrogen-bond donors (Lipinski definition) is 3. The van der Waals surface area contributed by atoms with Crippen molar-refractivity contribution in [3.63, 3.8) is 0 Å². The molecule has 2 aliphatic heterocycles. The van der Waals surface area contributed by atoms with Crippen LogP contribution in [-0.2, 0) is 29.1 Å². The van der Waals surface area contributed by atoms with Gasteiger partial charge in [0, 0.05) is 17.3 Å². The van der Waals surface area contributed by atoms with Crippen molar-refractivity contribution in [1.82, 2.24) is 24.8 Å². The van der Waals surface area contributed by atoms with Gasteiger partial charge >= 0.3 is 12.0 Å². The van der Waals surface area contributed by atoms with E-state index in [1.165, 1.54) is 40.1 Å². The number of pyridine rings is 1. The first-order chi connectivity index (χ1) is 27.1. The topological polar surface area (TPSA) is 194 Å². The number of nitrogens with zero attached hydrogens (tertiary/aromatic N) is 3. The summed E-state index contributed by atoms with van der Waals surface area (Å²) in [5.74, 6) is -10.1. The molecule has 0 bridgehead atoms. The van der Waals surface area contributed by atoms with Crippen LogP contribution in [0.25, 0.3) is 10.8 Å². The third-order valence-corrected chi connectivity index (χ3v) is 14.0. The predicted octanol–water partition coefficient (Wildman–Crippen LogP) is 4.53. The molecule has 0 radical (unpaired) electrons. The number of sulfonamides is 1. The van der Waals surface area contributed by atoms with Crippen LogP contribution >= 0.6 is 0 Å². The Bertz CT molecular complexity index is 2130. The normalized spacial score (nSPS) is 31.2. The summed E-state index contributed by atoms with van der Waals surface area (Å²) < 4.78 is 94.5. The monoisotopic (exact) mass is 837 g/mol. The number of carbonyl (C=O) groups is 4. The lowest BCUT2D eigenvalue weighted by atomic mass is 9.96. The molecule has 4 amide bonds. The average Bonchev–Trinajstić information content (AvgIpc) is 4.05. The van der Waals surface area contributed by atoms with E-state index in [1.54, 1.807) is 26.0 Å². The van der Waals surface area contributed by atoms with Gasteiger partial charge in [0.1, 0.15) is 23.1 Å². The second-order valence-corrected chi connectivity index (χ2v) is 18.6. The Morgan fingerprint density at radius 3 is 2.48 bits per heavy atom. The number of ether oxygens (including phenoxy) is 3. The van der Waals surface area contributed by atoms with Crippen LogP contribution in [0.15, 0.2) is 36.5 Å². The number of methoxy groups -OCH3 is 1. The molecule has 58 heavy (non-hydrogen) atoms. The Labute approximate surface area is 334 Å². The minimum atomic E-state index is -4.33. The van der Waals surface area contributed by atoms with Crippen LogP contribution in [-0.4, -0.2) is 118 Å². The maximum atomic E-state index is 17.5. The predicted molar refractivity (Wildman–Crippen MR) is 203 cm³/mol. The quantitative estimate of drug-likeness (QED) is 0.301. The summed E-state index contributed by atoms with van der Waals surface area (Å²) in [6, 6.07) is -1.90. The third-order valence-electron chi connectivity index (χ3n) is 11.9. The highest BCUT2D eigenvalue weighted by Gasteiger charge is 2.72. The second-order valence-electron chi connectivity index (χ2n) is 16.4. The van der Waals surface area contributed by atoms with E-state index in [0.717, 1.165) is 24.0 Å². The van der Waals surface area contributed by atoms with Gasteiger partial charge in [0.2, 0.25) is 27.7 Å². The van der Waals surface area contributed by atoms with Crippen LogP contribution in [0.5, 0.6) is 11.6 Å². The van der Waals surface area contributed by atoms with Crippen molar-refractivity contribution < 1.29 is 60.1 Å². The van der Waals surface area contributed by atoms with Crippen molar-refractivity contribution in [3.8, 4) is 11.6 Å². The smallest absolute Gasteiger partial charge is 0.408 e. The average molecular weight is 838 g/mol. The van der Waals surface area contributed by atoms with Crippen molar-refractivity contribution in [1.29, 1.82) is 0 Å². The molecule has 3 N–H and O–H groups in total. The van der Waals surface area contributed by atoms with Crippen LogP contribution in [0.1, 0.15) is 80.1 Å². The Balaban J connectivity index is 1.50. The number of fused-ring (bicyclic) bond motifs is 3. The second kappa shape index (κ2) is 15.2. The zero-order valence-electron chi connectivity index (χ0n) is 33.4. The molecular weight excluding hydrogens is 788 g/mol. The van der Waals surface area contributed by atoms with Crippen LogP contribution in [0.2, 0.25) is 0 Å². The molecule has 1 aromatic carbocycles. The summed E-state index contributed by atoms with van der Waals surface area (Å²) in [6.07, 6.45) is 2.43. The lowest BCUT2D eigenvalue weighted by Crippen LogP contribution is -2.64. The molecule has 2 saturated carbocycles. The Morgan fingerprint density at radius 1 is 1.19 bits per heavy atom. The molecule has 0 unspecified atom stereocenters. The van der Waals surface area contributed by atoms with Crippen molar-refractivity contribution in [2.24, 2.45) is 5.92 Å². The molecule has 1 saturated heterocycles. The highest BCUT2D eigenvalue weighted by atomic mass is 32.2. The first-order valence-corrected chi connectivity index (χ1v) is 20.8. The fraction of sp³-hybridized carbons (Fsp3) is 0.615. The summed E-state index contributed by atoms with van der Waals surface area (Å²) in [5, 5.41) is 13.1. The van der Waals surface area contributed by atoms with E-state index in [1.807, 2.05) is 0 Å². The maximum absolute atomic E-state index is 17.5. The highest BCUT2D eigenvalue weighted by molar-refractivity contribution is 7.91. The van der Waals surface area contributed by atoms with E-state index in [-0.39, 0.29) is 42.2 Å². The van der Waals surface area contributed by atoms with E-state index in [4.69, 9.17) is 14.2 Å². The number of benzene rings is 1. The molecule has 3 heterocycles. The van der Waals surface area contributed by atoms with Crippen LogP contribution in [0, 0.1) is 11.7 Å². The Morgan fingerprint density at radius 2 is 1.88 bits per heavy atom. The van der Waals surface area contributed by atoms with Gasteiger partial charge in [0.15, 0.2) is 11.6 Å². The number of carboxylic acid groups (broad SMARTS) is 1. The van der Waals surface area contributed by atoms with Gasteiger partial charge in [-0.1, -0.05) is 19.1 Å². The fourth-order valence-corrected chi connectivity index (χ4v) is 9.24. The van der Waals surface area contributed by atoms with Gasteiger partial charge < -0.3 is 29.5 Å². The van der Waals surface area contributed by atoms with Crippen molar-refractivity contribution in [2.45, 2.75) is 132 Å². The number of allylic oxidation sites excluding steroid dienone is 1. The number of rotatable bonds is 9. The molecule has 2 aliphatic carbocycles. The van der Waals surface area contributed by atoms with Gasteiger partial charge in [0.05, 0.1) is 42.2 Å². The number of alkyl halides is 2. The van der Waals surface area contributed by atoms with E-state index in [0.29, 0.717) is 17.7 Å². The minimum absolute atomic E-state index is 0.0615. The third kappa shape index (κ3) is 7.43. The molecule has 318 valence electrons. The number of amides is 4. The van der Waals surface area contributed by atoms with E-state index < -0.39 is 110 Å². The lowest BCUT2D eigenvalue weighted by molar-refractivity contribution is -0.165. The van der Waals surface area contributed by atoms with E-state index in [9.17, 15) is 32.3 Å². The standard InChI is InChI=1S/C39H50F3N5O10S/c1-8-27-29(47(21(2)3)35(51)52)33(49)46-20-37(6,57-32-26-17-24(40)13-14-25(26)28(55-7)19-43-32)39(41,42)30(46)31(48)44-38(18-23(38)12-10-9-11-22(4)56-27)34(50)45-58(53,54)36(5)15-16-36/h10,12-14,17,19,21-23,27,29-30H,8-9,11,15-16,18,20H2,1-7H3,(H,44,48)(H,45,50)(H,51,52)/b12-10-/t22-,23-,27+,29+,30+,37-,38-/m1/s1. The molecule has 6 rings (SSSR count). The summed E-state index contributed by atoms with van der Waals surface area (Å²) in [6.45, 7) is 7.73. The molecule has 4 aliphatic rings. The zero-order chi connectivity index (χ0) is 42.7. The molecule has 1 aromatic heterocycles. The molecule has 19 heteroatoms. The summed E-state index contributed by atoms with van der Waals surface area (Å²) in [4.78, 5) is 61.9. The first-order valence-electron chi connectivity index (χ1n) is 19.3. The summed E-state index contributed by atoms with van der Waals surface area (Å²) in [5.41, 5.74) is -4.80. The van der Waals surface area contributed by atoms with Crippen molar-refractivity contribution in [2.75, 3.05) is 13.7 Å². The minimum Gasteiger partial charge on any atom is -0.494 e. The van der Waals surface area contributed by atoms with Gasteiger partial charge in [-0.2, -0.15) is 8.78 Å². The van der Waals surface area contributed by atoms with Crippen molar-refractivity contribution >= 4 is 44.6 Å². The number of hydrogen-bond acceptors (Lipinski definition) is 10. The first kappa shape index (κ1) is 42.9. The van der Waals surface area contributed by atoms with Gasteiger partial charge in [0.25, 0.3) is 5.91 Å². The number of carbonyl (C=O) groups excluding carboxylic acids is 3. The molecular formula is C39H50F3N5O10S. The van der Waals surface area contributed by atoms with Gasteiger partial charge in [-0.25, -0.2) is 22.6 Å². The van der Waals surface area contributed by atoms with Crippen molar-refractivity contribution in [3.05, 3.63) is 42.4 Å². The van der Waals surface area contributed by atoms with Crippen LogP contribution in [0.3, 0.4) is 0 Å². The molecule has 3 fully saturated rings. The molecule has 7 atom stereocenters. The number of halogens is 3. The Kier molecular flexibility index (Phi) is 11.2. The highest BCUT2D eigenvalue weighted by Crippen LogP contribution is 2.50. The van der Waals surface area contributed by atoms with Gasteiger partial charge in [-0.15, -0.1) is 0 Å². The number of aromatic nitrogens is 1.